The van der Waals surface area contributed by atoms with Crippen LogP contribution in [-0.4, -0.2) is 15.9 Å². The fourth-order valence-electron chi connectivity index (χ4n) is 2.49. The van der Waals surface area contributed by atoms with Crippen molar-refractivity contribution < 1.29 is 4.74 Å². The molecule has 0 aliphatic carbocycles. The Hall–Kier alpha value is -2.75. The number of nitrogens with zero attached hydrogens (tertiary/aromatic N) is 3. The number of pyridine rings is 1. The predicted octanol–water partition coefficient (Wildman–Crippen LogP) is 3.85. The second-order valence-electron chi connectivity index (χ2n) is 5.01. The van der Waals surface area contributed by atoms with Gasteiger partial charge in [0.2, 0.25) is 5.88 Å². The third-order valence-corrected chi connectivity index (χ3v) is 3.55. The van der Waals surface area contributed by atoms with Crippen molar-refractivity contribution in [1.82, 2.24) is 9.38 Å². The molecule has 0 fully saturated rings. The van der Waals surface area contributed by atoms with E-state index in [1.165, 1.54) is 5.69 Å². The summed E-state index contributed by atoms with van der Waals surface area (Å²) in [5.41, 5.74) is 2.07. The Kier molecular flexibility index (Phi) is 2.85. The van der Waals surface area contributed by atoms with E-state index in [2.05, 4.69) is 34.3 Å². The molecule has 1 aliphatic heterocycles. The maximum Gasteiger partial charge on any atom is 0.238 e. The number of benzene rings is 1. The molecular formula is C17H15N3O. The van der Waals surface area contributed by atoms with Gasteiger partial charge in [0.1, 0.15) is 11.4 Å². The number of fused-ring (bicyclic) bond motifs is 1. The second-order valence-corrected chi connectivity index (χ2v) is 5.01. The van der Waals surface area contributed by atoms with E-state index in [4.69, 9.17) is 4.74 Å². The molecule has 0 spiro atoms. The van der Waals surface area contributed by atoms with Crippen LogP contribution in [0.3, 0.4) is 0 Å². The quantitative estimate of drug-likeness (QED) is 0.728. The van der Waals surface area contributed by atoms with E-state index in [0.717, 1.165) is 24.4 Å². The molecule has 0 saturated carbocycles. The minimum absolute atomic E-state index is 0.606. The summed E-state index contributed by atoms with van der Waals surface area (Å²) in [4.78, 5) is 6.66. The molecule has 104 valence electrons. The number of imidazole rings is 1. The lowest BCUT2D eigenvalue weighted by atomic mass is 10.3. The lowest BCUT2D eigenvalue weighted by Crippen LogP contribution is -2.11. The molecular weight excluding hydrogens is 262 g/mol. The minimum atomic E-state index is 0.606. The normalized spacial score (nSPS) is 14.0. The first-order valence-corrected chi connectivity index (χ1v) is 7.03. The van der Waals surface area contributed by atoms with Crippen LogP contribution < -0.4 is 9.64 Å². The van der Waals surface area contributed by atoms with Gasteiger partial charge in [-0.3, -0.25) is 0 Å². The van der Waals surface area contributed by atoms with E-state index in [-0.39, 0.29) is 0 Å². The van der Waals surface area contributed by atoms with Crippen molar-refractivity contribution >= 4 is 11.3 Å². The minimum Gasteiger partial charge on any atom is -0.437 e. The fourth-order valence-corrected chi connectivity index (χ4v) is 2.49. The molecule has 4 rings (SSSR count). The molecule has 2 aromatic heterocycles. The van der Waals surface area contributed by atoms with Crippen molar-refractivity contribution in [2.24, 2.45) is 0 Å². The number of rotatable bonds is 3. The van der Waals surface area contributed by atoms with Gasteiger partial charge in [0.05, 0.1) is 6.20 Å². The third kappa shape index (κ3) is 2.36. The largest absolute Gasteiger partial charge is 0.437 e. The van der Waals surface area contributed by atoms with Crippen LogP contribution in [0.2, 0.25) is 0 Å². The Bertz CT molecular complexity index is 756. The van der Waals surface area contributed by atoms with Gasteiger partial charge in [-0.15, -0.1) is 0 Å². The Morgan fingerprint density at radius 1 is 1.05 bits per heavy atom. The average Bonchev–Trinajstić information content (AvgIpc) is 3.17. The molecule has 3 heterocycles. The van der Waals surface area contributed by atoms with Gasteiger partial charge >= 0.3 is 0 Å². The predicted molar refractivity (Wildman–Crippen MR) is 82.8 cm³/mol. The number of anilines is 1. The zero-order valence-electron chi connectivity index (χ0n) is 11.5. The van der Waals surface area contributed by atoms with Gasteiger partial charge in [-0.1, -0.05) is 12.1 Å². The molecule has 1 aliphatic rings. The number of aromatic nitrogens is 2. The summed E-state index contributed by atoms with van der Waals surface area (Å²) in [5, 5.41) is 0. The first-order valence-electron chi connectivity index (χ1n) is 7.03. The van der Waals surface area contributed by atoms with E-state index in [1.54, 1.807) is 0 Å². The summed E-state index contributed by atoms with van der Waals surface area (Å²) in [6, 6.07) is 14.0. The molecule has 0 amide bonds. The molecule has 0 bridgehead atoms. The van der Waals surface area contributed by atoms with E-state index in [0.29, 0.717) is 5.88 Å². The summed E-state index contributed by atoms with van der Waals surface area (Å²) in [6.45, 7) is 1.05. The van der Waals surface area contributed by atoms with E-state index < -0.39 is 0 Å². The van der Waals surface area contributed by atoms with Crippen LogP contribution >= 0.6 is 0 Å². The Morgan fingerprint density at radius 2 is 1.95 bits per heavy atom. The van der Waals surface area contributed by atoms with Crippen molar-refractivity contribution in [3.63, 3.8) is 0 Å². The van der Waals surface area contributed by atoms with Gasteiger partial charge in [0.25, 0.3) is 0 Å². The molecule has 0 unspecified atom stereocenters. The molecule has 0 saturated heterocycles. The highest BCUT2D eigenvalue weighted by atomic mass is 16.5. The van der Waals surface area contributed by atoms with Gasteiger partial charge in [-0.25, -0.2) is 0 Å². The molecule has 0 atom stereocenters. The van der Waals surface area contributed by atoms with E-state index in [1.807, 2.05) is 47.1 Å². The lowest BCUT2D eigenvalue weighted by Gasteiger charge is -2.15. The van der Waals surface area contributed by atoms with E-state index in [9.17, 15) is 0 Å². The summed E-state index contributed by atoms with van der Waals surface area (Å²) in [6.07, 6.45) is 9.25. The fraction of sp³-hybridized carbons (Fsp3) is 0.118. The lowest BCUT2D eigenvalue weighted by molar-refractivity contribution is 0.466. The van der Waals surface area contributed by atoms with Crippen LogP contribution in [0.15, 0.2) is 67.1 Å². The summed E-state index contributed by atoms with van der Waals surface area (Å²) < 4.78 is 7.76. The molecule has 1 aromatic carbocycles. The highest BCUT2D eigenvalue weighted by molar-refractivity contribution is 5.53. The maximum absolute atomic E-state index is 5.81. The first-order chi connectivity index (χ1) is 10.4. The monoisotopic (exact) mass is 277 g/mol. The van der Waals surface area contributed by atoms with Crippen molar-refractivity contribution in [3.8, 4) is 11.6 Å². The Balaban J connectivity index is 1.55. The molecule has 4 nitrogen and oxygen atoms in total. The maximum atomic E-state index is 5.81. The second kappa shape index (κ2) is 4.98. The highest BCUT2D eigenvalue weighted by Gasteiger charge is 2.08. The van der Waals surface area contributed by atoms with Crippen LogP contribution in [0.25, 0.3) is 5.65 Å². The van der Waals surface area contributed by atoms with Crippen molar-refractivity contribution in [1.29, 1.82) is 0 Å². The van der Waals surface area contributed by atoms with Crippen LogP contribution in [-0.2, 0) is 0 Å². The van der Waals surface area contributed by atoms with Crippen LogP contribution in [0, 0.1) is 0 Å². The zero-order chi connectivity index (χ0) is 14.1. The third-order valence-electron chi connectivity index (χ3n) is 3.55. The molecule has 21 heavy (non-hydrogen) atoms. The van der Waals surface area contributed by atoms with Crippen LogP contribution in [0.5, 0.6) is 11.6 Å². The van der Waals surface area contributed by atoms with Crippen molar-refractivity contribution in [2.75, 3.05) is 11.4 Å². The SMILES string of the molecule is C1=CN(c2ccc(Oc3cn4ccccc4n3)cc2)CC1. The van der Waals surface area contributed by atoms with Gasteiger partial charge in [-0.05, 0) is 42.8 Å². The molecule has 3 aromatic rings. The summed E-state index contributed by atoms with van der Waals surface area (Å²) in [5.74, 6) is 1.40. The topological polar surface area (TPSA) is 29.8 Å². The molecule has 0 radical (unpaired) electrons. The smallest absolute Gasteiger partial charge is 0.238 e. The summed E-state index contributed by atoms with van der Waals surface area (Å²) >= 11 is 0. The molecule has 4 heteroatoms. The van der Waals surface area contributed by atoms with Crippen LogP contribution in [0.1, 0.15) is 6.42 Å². The van der Waals surface area contributed by atoms with Gasteiger partial charge in [0.15, 0.2) is 0 Å². The average molecular weight is 277 g/mol. The Morgan fingerprint density at radius 3 is 2.71 bits per heavy atom. The number of hydrogen-bond acceptors (Lipinski definition) is 3. The summed E-state index contributed by atoms with van der Waals surface area (Å²) in [7, 11) is 0. The number of hydrogen-bond donors (Lipinski definition) is 0. The van der Waals surface area contributed by atoms with Gasteiger partial charge in [0, 0.05) is 24.6 Å². The van der Waals surface area contributed by atoms with Crippen molar-refractivity contribution in [2.45, 2.75) is 6.42 Å². The highest BCUT2D eigenvalue weighted by Crippen LogP contribution is 2.25. The van der Waals surface area contributed by atoms with Gasteiger partial charge < -0.3 is 14.0 Å². The van der Waals surface area contributed by atoms with Crippen molar-refractivity contribution in [3.05, 3.63) is 67.1 Å². The number of ether oxygens (including phenoxy) is 1. The standard InChI is InChI=1S/C17H15N3O/c1-2-12-20-13-17(18-16(20)5-1)21-15-8-6-14(7-9-15)19-10-3-4-11-19/h1-3,5-10,12-13H,4,11H2. The van der Waals surface area contributed by atoms with E-state index >= 15 is 0 Å². The zero-order valence-corrected chi connectivity index (χ0v) is 11.5. The van der Waals surface area contributed by atoms with Gasteiger partial charge in [-0.2, -0.15) is 4.98 Å². The molecule has 0 N–H and O–H groups in total. The first kappa shape index (κ1) is 12.0. The Labute approximate surface area is 122 Å². The van der Waals surface area contributed by atoms with Crippen LogP contribution in [0.4, 0.5) is 5.69 Å².